The maximum atomic E-state index is 11.8. The molecule has 1 unspecified atom stereocenters. The van der Waals surface area contributed by atoms with Crippen molar-refractivity contribution in [3.05, 3.63) is 23.8 Å². The van der Waals surface area contributed by atoms with Crippen LogP contribution in [-0.2, 0) is 9.78 Å². The van der Waals surface area contributed by atoms with Crippen LogP contribution >= 0.6 is 0 Å². The third-order valence-corrected chi connectivity index (χ3v) is 2.49. The number of methoxy groups -OCH3 is 2. The minimum Gasteiger partial charge on any atom is -0.497 e. The summed E-state index contributed by atoms with van der Waals surface area (Å²) < 4.78 is 10.1. The van der Waals surface area contributed by atoms with Gasteiger partial charge in [0.25, 0.3) is 0 Å². The Bertz CT molecular complexity index is 402. The summed E-state index contributed by atoms with van der Waals surface area (Å²) in [6.07, 6.45) is 0.616. The molecule has 0 spiro atoms. The minimum atomic E-state index is -0.588. The lowest BCUT2D eigenvalue weighted by atomic mass is 10.2. The first-order valence-electron chi connectivity index (χ1n) is 5.72. The first kappa shape index (κ1) is 14.3. The SMILES string of the molecule is CCC(C)OOC(=O)c1ccc(OC)cc1OC. The summed E-state index contributed by atoms with van der Waals surface area (Å²) in [7, 11) is 3.01. The van der Waals surface area contributed by atoms with Crippen molar-refractivity contribution in [1.82, 2.24) is 0 Å². The van der Waals surface area contributed by atoms with E-state index in [0.717, 1.165) is 6.42 Å². The Morgan fingerprint density at radius 3 is 2.56 bits per heavy atom. The molecule has 0 aliphatic heterocycles. The van der Waals surface area contributed by atoms with Crippen LogP contribution in [-0.4, -0.2) is 26.3 Å². The second kappa shape index (κ2) is 6.86. The van der Waals surface area contributed by atoms with E-state index < -0.39 is 5.97 Å². The fourth-order valence-corrected chi connectivity index (χ4v) is 1.21. The lowest BCUT2D eigenvalue weighted by molar-refractivity contribution is -0.270. The van der Waals surface area contributed by atoms with Crippen LogP contribution in [0.1, 0.15) is 30.6 Å². The molecule has 0 radical (unpaired) electrons. The molecular weight excluding hydrogens is 236 g/mol. The van der Waals surface area contributed by atoms with Gasteiger partial charge in [0.2, 0.25) is 0 Å². The van der Waals surface area contributed by atoms with Gasteiger partial charge in [-0.1, -0.05) is 6.92 Å². The zero-order valence-electron chi connectivity index (χ0n) is 11.1. The van der Waals surface area contributed by atoms with Gasteiger partial charge in [0.1, 0.15) is 23.2 Å². The maximum absolute atomic E-state index is 11.8. The molecule has 0 fully saturated rings. The van der Waals surface area contributed by atoms with Crippen molar-refractivity contribution in [1.29, 1.82) is 0 Å². The molecule has 5 nitrogen and oxygen atoms in total. The highest BCUT2D eigenvalue weighted by molar-refractivity contribution is 5.92. The van der Waals surface area contributed by atoms with Crippen LogP contribution in [0.2, 0.25) is 0 Å². The Morgan fingerprint density at radius 1 is 1.28 bits per heavy atom. The van der Waals surface area contributed by atoms with Gasteiger partial charge in [-0.25, -0.2) is 4.79 Å². The molecule has 0 aliphatic carbocycles. The Hall–Kier alpha value is -1.75. The first-order valence-corrected chi connectivity index (χ1v) is 5.72. The first-order chi connectivity index (χ1) is 8.62. The molecule has 0 aliphatic rings. The summed E-state index contributed by atoms with van der Waals surface area (Å²) in [5.74, 6) is 0.396. The Balaban J connectivity index is 2.78. The number of carbonyl (C=O) groups is 1. The van der Waals surface area contributed by atoms with Gasteiger partial charge in [-0.3, -0.25) is 4.89 Å². The number of ether oxygens (including phenoxy) is 2. The fourth-order valence-electron chi connectivity index (χ4n) is 1.21. The highest BCUT2D eigenvalue weighted by Crippen LogP contribution is 2.25. The van der Waals surface area contributed by atoms with Crippen molar-refractivity contribution in [2.24, 2.45) is 0 Å². The maximum Gasteiger partial charge on any atom is 0.376 e. The van der Waals surface area contributed by atoms with E-state index >= 15 is 0 Å². The van der Waals surface area contributed by atoms with E-state index in [1.54, 1.807) is 25.3 Å². The standard InChI is InChI=1S/C13H18O5/c1-5-9(2)17-18-13(14)11-7-6-10(15-3)8-12(11)16-4/h6-9H,5H2,1-4H3. The smallest absolute Gasteiger partial charge is 0.376 e. The van der Waals surface area contributed by atoms with Crippen LogP contribution in [0.3, 0.4) is 0 Å². The zero-order chi connectivity index (χ0) is 13.5. The van der Waals surface area contributed by atoms with E-state index in [0.29, 0.717) is 17.1 Å². The van der Waals surface area contributed by atoms with Crippen molar-refractivity contribution in [2.75, 3.05) is 14.2 Å². The molecule has 18 heavy (non-hydrogen) atoms. The van der Waals surface area contributed by atoms with Crippen molar-refractivity contribution >= 4 is 5.97 Å². The highest BCUT2D eigenvalue weighted by atomic mass is 17.2. The third kappa shape index (κ3) is 3.63. The number of rotatable bonds is 6. The zero-order valence-corrected chi connectivity index (χ0v) is 11.1. The molecule has 0 bridgehead atoms. The summed E-state index contributed by atoms with van der Waals surface area (Å²) in [5, 5.41) is 0. The molecule has 1 atom stereocenters. The topological polar surface area (TPSA) is 54.0 Å². The lowest BCUT2D eigenvalue weighted by Crippen LogP contribution is -2.13. The van der Waals surface area contributed by atoms with E-state index in [-0.39, 0.29) is 6.10 Å². The van der Waals surface area contributed by atoms with Gasteiger partial charge in [-0.15, -0.1) is 0 Å². The summed E-state index contributed by atoms with van der Waals surface area (Å²) in [6.45, 7) is 3.75. The minimum absolute atomic E-state index is 0.141. The van der Waals surface area contributed by atoms with Crippen molar-refractivity contribution in [2.45, 2.75) is 26.4 Å². The van der Waals surface area contributed by atoms with Crippen LogP contribution in [0.25, 0.3) is 0 Å². The van der Waals surface area contributed by atoms with Crippen LogP contribution in [0.5, 0.6) is 11.5 Å². The Morgan fingerprint density at radius 2 is 2.00 bits per heavy atom. The van der Waals surface area contributed by atoms with Gasteiger partial charge in [-0.2, -0.15) is 4.89 Å². The summed E-state index contributed by atoms with van der Waals surface area (Å²) in [6, 6.07) is 4.84. The average Bonchev–Trinajstić information content (AvgIpc) is 2.43. The van der Waals surface area contributed by atoms with E-state index in [2.05, 4.69) is 0 Å². The molecule has 0 heterocycles. The van der Waals surface area contributed by atoms with Gasteiger partial charge < -0.3 is 9.47 Å². The second-order valence-corrected chi connectivity index (χ2v) is 3.75. The fraction of sp³-hybridized carbons (Fsp3) is 0.462. The average molecular weight is 254 g/mol. The van der Waals surface area contributed by atoms with Gasteiger partial charge in [0, 0.05) is 6.07 Å². The summed E-state index contributed by atoms with van der Waals surface area (Å²) >= 11 is 0. The van der Waals surface area contributed by atoms with E-state index in [1.807, 2.05) is 13.8 Å². The predicted molar refractivity (Wildman–Crippen MR) is 65.8 cm³/mol. The monoisotopic (exact) mass is 254 g/mol. The van der Waals surface area contributed by atoms with Gasteiger partial charge >= 0.3 is 5.97 Å². The Kier molecular flexibility index (Phi) is 5.45. The van der Waals surface area contributed by atoms with Crippen LogP contribution in [0.15, 0.2) is 18.2 Å². The van der Waals surface area contributed by atoms with Crippen molar-refractivity contribution in [3.8, 4) is 11.5 Å². The Labute approximate surface area is 107 Å². The molecule has 1 rings (SSSR count). The highest BCUT2D eigenvalue weighted by Gasteiger charge is 2.16. The third-order valence-electron chi connectivity index (χ3n) is 2.49. The van der Waals surface area contributed by atoms with E-state index in [1.165, 1.54) is 7.11 Å². The number of hydrogen-bond donors (Lipinski definition) is 0. The molecule has 1 aromatic rings. The summed E-state index contributed by atoms with van der Waals surface area (Å²) in [5.41, 5.74) is 0.293. The molecule has 0 amide bonds. The van der Waals surface area contributed by atoms with Crippen LogP contribution in [0.4, 0.5) is 0 Å². The molecule has 0 saturated carbocycles. The van der Waals surface area contributed by atoms with Gasteiger partial charge in [-0.05, 0) is 25.5 Å². The normalized spacial score (nSPS) is 11.8. The molecule has 0 aromatic heterocycles. The van der Waals surface area contributed by atoms with E-state index in [4.69, 9.17) is 19.2 Å². The van der Waals surface area contributed by atoms with Crippen molar-refractivity contribution < 1.29 is 24.0 Å². The summed E-state index contributed by atoms with van der Waals surface area (Å²) in [4.78, 5) is 21.4. The van der Waals surface area contributed by atoms with Crippen molar-refractivity contribution in [3.63, 3.8) is 0 Å². The lowest BCUT2D eigenvalue weighted by Gasteiger charge is -2.11. The molecule has 0 N–H and O–H groups in total. The number of benzene rings is 1. The molecule has 100 valence electrons. The second-order valence-electron chi connectivity index (χ2n) is 3.75. The van der Waals surface area contributed by atoms with Crippen LogP contribution < -0.4 is 9.47 Å². The quantitative estimate of drug-likeness (QED) is 0.577. The predicted octanol–water partition coefficient (Wildman–Crippen LogP) is 2.59. The van der Waals surface area contributed by atoms with Gasteiger partial charge in [0.15, 0.2) is 0 Å². The van der Waals surface area contributed by atoms with Crippen LogP contribution in [0, 0.1) is 0 Å². The molecule has 1 aromatic carbocycles. The largest absolute Gasteiger partial charge is 0.497 e. The van der Waals surface area contributed by atoms with E-state index in [9.17, 15) is 4.79 Å². The molecule has 0 saturated heterocycles. The molecular formula is C13H18O5. The van der Waals surface area contributed by atoms with Gasteiger partial charge in [0.05, 0.1) is 14.2 Å². The number of carbonyl (C=O) groups excluding carboxylic acids is 1. The molecule has 5 heteroatoms. The number of hydrogen-bond acceptors (Lipinski definition) is 5.